The van der Waals surface area contributed by atoms with E-state index in [1.165, 1.54) is 36.1 Å². The van der Waals surface area contributed by atoms with Gasteiger partial charge in [-0.1, -0.05) is 36.4 Å². The number of hydrogen-bond donors (Lipinski definition) is 1. The molecule has 2 aromatic carbocycles. The monoisotopic (exact) mass is 344 g/mol. The molecule has 0 saturated carbocycles. The Kier molecular flexibility index (Phi) is 4.05. The first-order valence-electron chi connectivity index (χ1n) is 7.51. The van der Waals surface area contributed by atoms with E-state index in [4.69, 9.17) is 5.73 Å². The molecule has 0 radical (unpaired) electrons. The Bertz CT molecular complexity index is 623. The van der Waals surface area contributed by atoms with E-state index in [0.29, 0.717) is 12.0 Å². The van der Waals surface area contributed by atoms with Crippen molar-refractivity contribution >= 4 is 22.7 Å². The molecule has 0 aromatic heterocycles. The molecule has 0 spiro atoms. The number of rotatable bonds is 1. The van der Waals surface area contributed by atoms with E-state index in [1.54, 1.807) is 0 Å². The van der Waals surface area contributed by atoms with E-state index in [1.807, 2.05) is 12.1 Å². The van der Waals surface area contributed by atoms with Crippen LogP contribution in [0.4, 0.5) is 5.69 Å². The van der Waals surface area contributed by atoms with Crippen LogP contribution in [0.5, 0.6) is 0 Å². The van der Waals surface area contributed by atoms with E-state index in [0.717, 1.165) is 12.2 Å². The van der Waals surface area contributed by atoms with Gasteiger partial charge in [-0.3, -0.25) is 4.90 Å². The number of anilines is 1. The lowest BCUT2D eigenvalue weighted by Crippen LogP contribution is -2.34. The molecule has 110 valence electrons. The normalized spacial score (nSPS) is 24.0. The van der Waals surface area contributed by atoms with Crippen molar-refractivity contribution in [3.8, 4) is 0 Å². The van der Waals surface area contributed by atoms with Gasteiger partial charge < -0.3 is 5.73 Å². The van der Waals surface area contributed by atoms with Gasteiger partial charge in [-0.05, 0) is 48.2 Å². The third-order valence-electron chi connectivity index (χ3n) is 4.85. The van der Waals surface area contributed by atoms with Crippen LogP contribution < -0.4 is 5.73 Å². The van der Waals surface area contributed by atoms with Crippen molar-refractivity contribution in [2.75, 3.05) is 18.8 Å². The summed E-state index contributed by atoms with van der Waals surface area (Å²) in [5.41, 5.74) is 11.1. The Balaban J connectivity index is 0.00000132. The zero-order valence-corrected chi connectivity index (χ0v) is 13.7. The molecule has 4 rings (SSSR count). The van der Waals surface area contributed by atoms with Crippen LogP contribution in [-0.2, 0) is 0 Å². The molecule has 1 saturated heterocycles. The largest absolute Gasteiger partial charge is 0.399 e. The van der Waals surface area contributed by atoms with Crippen molar-refractivity contribution in [1.82, 2.24) is 4.90 Å². The number of benzene rings is 2. The van der Waals surface area contributed by atoms with E-state index >= 15 is 0 Å². The molecule has 0 bridgehead atoms. The van der Waals surface area contributed by atoms with Crippen LogP contribution in [-0.4, -0.2) is 18.0 Å². The molecule has 1 fully saturated rings. The Morgan fingerprint density at radius 1 is 0.952 bits per heavy atom. The summed E-state index contributed by atoms with van der Waals surface area (Å²) in [6.45, 7) is 2.38. The highest BCUT2D eigenvalue weighted by Gasteiger charge is 2.35. The highest BCUT2D eigenvalue weighted by Crippen LogP contribution is 2.43. The first-order chi connectivity index (χ1) is 9.83. The SMILES string of the molecule is Br.Nc1ccc([C@@H]2CN3CCC[C@H]3c3ccccc32)cc1. The summed E-state index contributed by atoms with van der Waals surface area (Å²) in [7, 11) is 0. The topological polar surface area (TPSA) is 29.3 Å². The van der Waals surface area contributed by atoms with Crippen LogP contribution in [0.3, 0.4) is 0 Å². The van der Waals surface area contributed by atoms with Crippen molar-refractivity contribution in [2.45, 2.75) is 24.8 Å². The lowest BCUT2D eigenvalue weighted by atomic mass is 9.81. The van der Waals surface area contributed by atoms with Crippen molar-refractivity contribution in [3.05, 3.63) is 65.2 Å². The molecule has 0 aliphatic carbocycles. The van der Waals surface area contributed by atoms with E-state index in [9.17, 15) is 0 Å². The van der Waals surface area contributed by atoms with Crippen molar-refractivity contribution < 1.29 is 0 Å². The second-order valence-electron chi connectivity index (χ2n) is 6.00. The summed E-state index contributed by atoms with van der Waals surface area (Å²) in [5, 5.41) is 0. The van der Waals surface area contributed by atoms with Crippen LogP contribution in [0.2, 0.25) is 0 Å². The van der Waals surface area contributed by atoms with E-state index < -0.39 is 0 Å². The lowest BCUT2D eigenvalue weighted by molar-refractivity contribution is 0.230. The fraction of sp³-hybridized carbons (Fsp3) is 0.333. The quantitative estimate of drug-likeness (QED) is 0.788. The number of halogens is 1. The third kappa shape index (κ3) is 2.49. The molecular formula is C18H21BrN2. The first kappa shape index (κ1) is 14.6. The molecule has 2 nitrogen and oxygen atoms in total. The maximum Gasteiger partial charge on any atom is 0.0351 e. The van der Waals surface area contributed by atoms with Crippen LogP contribution in [0.15, 0.2) is 48.5 Å². The highest BCUT2D eigenvalue weighted by atomic mass is 79.9. The zero-order valence-electron chi connectivity index (χ0n) is 12.0. The molecule has 2 heterocycles. The van der Waals surface area contributed by atoms with Crippen LogP contribution in [0, 0.1) is 0 Å². The predicted octanol–water partition coefficient (Wildman–Crippen LogP) is 4.13. The van der Waals surface area contributed by atoms with Crippen LogP contribution in [0.25, 0.3) is 0 Å². The minimum absolute atomic E-state index is 0. The minimum atomic E-state index is 0. The summed E-state index contributed by atoms with van der Waals surface area (Å²) in [4.78, 5) is 2.66. The van der Waals surface area contributed by atoms with Gasteiger partial charge in [-0.15, -0.1) is 17.0 Å². The van der Waals surface area contributed by atoms with Gasteiger partial charge >= 0.3 is 0 Å². The summed E-state index contributed by atoms with van der Waals surface area (Å²) in [6.07, 6.45) is 2.64. The molecule has 0 unspecified atom stereocenters. The van der Waals surface area contributed by atoms with E-state index in [-0.39, 0.29) is 17.0 Å². The van der Waals surface area contributed by atoms with Crippen LogP contribution in [0.1, 0.15) is 41.5 Å². The Morgan fingerprint density at radius 2 is 1.67 bits per heavy atom. The van der Waals surface area contributed by atoms with Crippen molar-refractivity contribution in [3.63, 3.8) is 0 Å². The number of hydrogen-bond acceptors (Lipinski definition) is 2. The maximum absolute atomic E-state index is 5.83. The Hall–Kier alpha value is -1.32. The highest BCUT2D eigenvalue weighted by molar-refractivity contribution is 8.93. The average Bonchev–Trinajstić information content (AvgIpc) is 2.96. The molecule has 2 aliphatic rings. The smallest absolute Gasteiger partial charge is 0.0351 e. The molecule has 2 aliphatic heterocycles. The summed E-state index contributed by atoms with van der Waals surface area (Å²) in [5.74, 6) is 0.487. The zero-order chi connectivity index (χ0) is 13.5. The van der Waals surface area contributed by atoms with Gasteiger partial charge in [-0.25, -0.2) is 0 Å². The second kappa shape index (κ2) is 5.82. The molecule has 21 heavy (non-hydrogen) atoms. The number of nitrogens with two attached hydrogens (primary N) is 1. The number of nitrogens with zero attached hydrogens (tertiary/aromatic N) is 1. The third-order valence-corrected chi connectivity index (χ3v) is 4.85. The van der Waals surface area contributed by atoms with Gasteiger partial charge in [0.15, 0.2) is 0 Å². The number of nitrogen functional groups attached to an aromatic ring is 1. The Labute approximate surface area is 136 Å². The summed E-state index contributed by atoms with van der Waals surface area (Å²) >= 11 is 0. The maximum atomic E-state index is 5.83. The molecule has 2 aromatic rings. The molecule has 0 amide bonds. The minimum Gasteiger partial charge on any atom is -0.399 e. The molecule has 2 atom stereocenters. The Morgan fingerprint density at radius 3 is 2.43 bits per heavy atom. The lowest BCUT2D eigenvalue weighted by Gasteiger charge is -2.37. The standard InChI is InChI=1S/C18H20N2.BrH/c19-14-9-7-13(8-10-14)17-12-20-11-3-6-18(20)16-5-2-1-4-15(16)17;/h1-2,4-5,7-10,17-18H,3,6,11-12,19H2;1H/t17-,18-;/m0./s1. The van der Waals surface area contributed by atoms with Crippen molar-refractivity contribution in [1.29, 1.82) is 0 Å². The van der Waals surface area contributed by atoms with E-state index in [2.05, 4.69) is 41.3 Å². The van der Waals surface area contributed by atoms with Crippen LogP contribution >= 0.6 is 17.0 Å². The van der Waals surface area contributed by atoms with Gasteiger partial charge in [0.05, 0.1) is 0 Å². The van der Waals surface area contributed by atoms with Gasteiger partial charge in [-0.2, -0.15) is 0 Å². The van der Waals surface area contributed by atoms with Gasteiger partial charge in [0.1, 0.15) is 0 Å². The average molecular weight is 345 g/mol. The molecular weight excluding hydrogens is 324 g/mol. The van der Waals surface area contributed by atoms with Gasteiger partial charge in [0, 0.05) is 24.2 Å². The summed E-state index contributed by atoms with van der Waals surface area (Å²) < 4.78 is 0. The summed E-state index contributed by atoms with van der Waals surface area (Å²) in [6, 6.07) is 18.1. The predicted molar refractivity (Wildman–Crippen MR) is 93.0 cm³/mol. The van der Waals surface area contributed by atoms with Gasteiger partial charge in [0.2, 0.25) is 0 Å². The molecule has 3 heteroatoms. The van der Waals surface area contributed by atoms with Crippen molar-refractivity contribution in [2.24, 2.45) is 0 Å². The first-order valence-corrected chi connectivity index (χ1v) is 7.51. The second-order valence-corrected chi connectivity index (χ2v) is 6.00. The number of fused-ring (bicyclic) bond motifs is 3. The molecule has 2 N–H and O–H groups in total. The fourth-order valence-electron chi connectivity index (χ4n) is 3.87. The fourth-order valence-corrected chi connectivity index (χ4v) is 3.87. The van der Waals surface area contributed by atoms with Gasteiger partial charge in [0.25, 0.3) is 0 Å².